The summed E-state index contributed by atoms with van der Waals surface area (Å²) in [4.78, 5) is 41.7. The monoisotopic (exact) mass is 685 g/mol. The van der Waals surface area contributed by atoms with Gasteiger partial charge in [0.05, 0.1) is 18.0 Å². The fourth-order valence-corrected chi connectivity index (χ4v) is 7.52. The zero-order valence-corrected chi connectivity index (χ0v) is 28.9. The molecule has 3 atom stereocenters. The molecule has 2 N–H and O–H groups in total. The van der Waals surface area contributed by atoms with Gasteiger partial charge in [0, 0.05) is 31.3 Å². The number of aliphatic carboxylic acids is 1. The van der Waals surface area contributed by atoms with E-state index in [9.17, 15) is 37.1 Å². The number of alkyl halides is 4. The SMILES string of the molecule is CC1=CC(F)CC(C)=C1c1cc([C@@H](CC(=O)O)NC(=O)[C@H](CC(C)C)n2cc(CCN(C)C3CC3)c(C(F)(F)F)cc2=O)cc2c1CCC2. The smallest absolute Gasteiger partial charge is 0.416 e. The van der Waals surface area contributed by atoms with Crippen LogP contribution in [-0.4, -0.2) is 52.3 Å². The average molecular weight is 686 g/mol. The van der Waals surface area contributed by atoms with Crippen LogP contribution in [0.3, 0.4) is 0 Å². The van der Waals surface area contributed by atoms with Gasteiger partial charge < -0.3 is 19.9 Å². The summed E-state index contributed by atoms with van der Waals surface area (Å²) < 4.78 is 57.8. The first-order valence-corrected chi connectivity index (χ1v) is 17.3. The zero-order chi connectivity index (χ0) is 35.8. The van der Waals surface area contributed by atoms with Gasteiger partial charge in [0.2, 0.25) is 5.91 Å². The summed E-state index contributed by atoms with van der Waals surface area (Å²) >= 11 is 0. The molecule has 7 nitrogen and oxygen atoms in total. The van der Waals surface area contributed by atoms with Gasteiger partial charge in [-0.3, -0.25) is 14.4 Å². The van der Waals surface area contributed by atoms with E-state index in [0.717, 1.165) is 70.1 Å². The summed E-state index contributed by atoms with van der Waals surface area (Å²) in [5.41, 5.74) is 4.28. The van der Waals surface area contributed by atoms with Crippen molar-refractivity contribution in [2.75, 3.05) is 13.6 Å². The lowest BCUT2D eigenvalue weighted by Gasteiger charge is -2.28. The second kappa shape index (κ2) is 14.6. The number of allylic oxidation sites excluding steroid dienone is 4. The number of halogens is 4. The Labute approximate surface area is 285 Å². The Bertz CT molecular complexity index is 1720. The molecule has 266 valence electrons. The van der Waals surface area contributed by atoms with Crippen molar-refractivity contribution < 1.29 is 32.3 Å². The first-order chi connectivity index (χ1) is 23.0. The van der Waals surface area contributed by atoms with E-state index in [2.05, 4.69) is 5.32 Å². The molecule has 1 aromatic carbocycles. The first-order valence-electron chi connectivity index (χ1n) is 17.3. The predicted molar refractivity (Wildman–Crippen MR) is 181 cm³/mol. The molecule has 5 rings (SSSR count). The number of hydrogen-bond donors (Lipinski definition) is 2. The van der Waals surface area contributed by atoms with Gasteiger partial charge in [-0.25, -0.2) is 4.39 Å². The van der Waals surface area contributed by atoms with Crippen LogP contribution in [-0.2, 0) is 35.0 Å². The van der Waals surface area contributed by atoms with E-state index in [1.807, 2.05) is 51.8 Å². The highest BCUT2D eigenvalue weighted by Crippen LogP contribution is 2.41. The van der Waals surface area contributed by atoms with Crippen LogP contribution in [0.5, 0.6) is 0 Å². The second-order valence-electron chi connectivity index (χ2n) is 14.5. The van der Waals surface area contributed by atoms with E-state index in [1.165, 1.54) is 6.20 Å². The van der Waals surface area contributed by atoms with Crippen molar-refractivity contribution in [3.8, 4) is 0 Å². The number of carbonyl (C=O) groups is 2. The third-order valence-corrected chi connectivity index (χ3v) is 10.1. The third kappa shape index (κ3) is 8.53. The number of carboxylic acids is 1. The largest absolute Gasteiger partial charge is 0.481 e. The molecular formula is C38H47F4N3O4. The predicted octanol–water partition coefficient (Wildman–Crippen LogP) is 7.37. The number of amides is 1. The lowest BCUT2D eigenvalue weighted by molar-refractivity contribution is -0.139. The van der Waals surface area contributed by atoms with Crippen LogP contribution in [0, 0.1) is 5.92 Å². The molecule has 1 amide bonds. The summed E-state index contributed by atoms with van der Waals surface area (Å²) in [6.45, 7) is 7.83. The number of hydrogen-bond acceptors (Lipinski definition) is 4. The summed E-state index contributed by atoms with van der Waals surface area (Å²) in [5, 5.41) is 12.8. The summed E-state index contributed by atoms with van der Waals surface area (Å²) in [6.07, 6.45) is 1.46. The molecule has 1 aromatic heterocycles. The van der Waals surface area contributed by atoms with E-state index < -0.39 is 53.9 Å². The van der Waals surface area contributed by atoms with Gasteiger partial charge in [0.25, 0.3) is 5.56 Å². The standard InChI is InChI=1S/C38H47F4N3O4/c1-21(2)13-33(45-20-25(11-12-44(5)28-9-10-28)31(18-34(45)46)38(40,41)42)37(49)43-32(19-35(47)48)26-16-24-7-6-8-29(24)30(17-26)36-22(3)14-27(39)15-23(36)4/h14,16-18,20-21,27-28,32-33H,6-13,15,19H2,1-5H3,(H,43,49)(H,47,48)/t27?,32-,33+/m1/s1. The number of carboxylic acid groups (broad SMARTS) is 1. The molecule has 49 heavy (non-hydrogen) atoms. The minimum absolute atomic E-state index is 0.0456. The van der Waals surface area contributed by atoms with Crippen molar-refractivity contribution in [3.05, 3.63) is 85.4 Å². The van der Waals surface area contributed by atoms with Gasteiger partial charge >= 0.3 is 12.1 Å². The highest BCUT2D eigenvalue weighted by molar-refractivity contribution is 5.85. The first kappa shape index (κ1) is 36.5. The Hall–Kier alpha value is -3.73. The van der Waals surface area contributed by atoms with E-state index in [0.29, 0.717) is 24.2 Å². The number of nitrogens with zero attached hydrogens (tertiary/aromatic N) is 2. The Morgan fingerprint density at radius 1 is 1.12 bits per heavy atom. The lowest BCUT2D eigenvalue weighted by atomic mass is 9.82. The highest BCUT2D eigenvalue weighted by Gasteiger charge is 2.36. The number of aryl methyl sites for hydroxylation is 1. The van der Waals surface area contributed by atoms with E-state index in [4.69, 9.17) is 0 Å². The molecule has 1 heterocycles. The quantitative estimate of drug-likeness (QED) is 0.215. The van der Waals surface area contributed by atoms with Gasteiger partial charge in [-0.05, 0) is 123 Å². The van der Waals surface area contributed by atoms with Crippen molar-refractivity contribution in [2.24, 2.45) is 5.92 Å². The molecule has 2 aromatic rings. The number of nitrogens with one attached hydrogen (secondary N) is 1. The van der Waals surface area contributed by atoms with Gasteiger partial charge in [-0.15, -0.1) is 0 Å². The fourth-order valence-electron chi connectivity index (χ4n) is 7.52. The molecule has 3 aliphatic rings. The zero-order valence-electron chi connectivity index (χ0n) is 28.9. The molecule has 0 radical (unpaired) electrons. The minimum Gasteiger partial charge on any atom is -0.481 e. The molecule has 0 saturated heterocycles. The third-order valence-electron chi connectivity index (χ3n) is 10.1. The normalized spacial score (nSPS) is 19.2. The number of likely N-dealkylation sites (N-methyl/N-ethyl adjacent to an activating group) is 1. The number of aromatic nitrogens is 1. The van der Waals surface area contributed by atoms with Crippen LogP contribution in [0.15, 0.2) is 46.4 Å². The van der Waals surface area contributed by atoms with Crippen LogP contribution in [0.4, 0.5) is 17.6 Å². The second-order valence-corrected chi connectivity index (χ2v) is 14.5. The summed E-state index contributed by atoms with van der Waals surface area (Å²) in [6, 6.07) is 2.57. The topological polar surface area (TPSA) is 91.6 Å². The molecule has 0 spiro atoms. The van der Waals surface area contributed by atoms with E-state index in [1.54, 1.807) is 6.08 Å². The molecule has 1 fully saturated rings. The van der Waals surface area contributed by atoms with Crippen LogP contribution in [0.25, 0.3) is 5.57 Å². The maximum Gasteiger partial charge on any atom is 0.416 e. The average Bonchev–Trinajstić information content (AvgIpc) is 3.74. The van der Waals surface area contributed by atoms with Crippen LogP contribution in [0.2, 0.25) is 0 Å². The Kier molecular flexibility index (Phi) is 10.9. The highest BCUT2D eigenvalue weighted by atomic mass is 19.4. The van der Waals surface area contributed by atoms with Crippen molar-refractivity contribution in [1.82, 2.24) is 14.8 Å². The Morgan fingerprint density at radius 2 is 1.84 bits per heavy atom. The molecule has 3 aliphatic carbocycles. The van der Waals surface area contributed by atoms with Crippen LogP contribution >= 0.6 is 0 Å². The Balaban J connectivity index is 1.53. The molecule has 1 saturated carbocycles. The molecule has 11 heteroatoms. The molecule has 0 bridgehead atoms. The van der Waals surface area contributed by atoms with Crippen molar-refractivity contribution in [1.29, 1.82) is 0 Å². The van der Waals surface area contributed by atoms with Gasteiger partial charge in [0.1, 0.15) is 12.2 Å². The number of rotatable bonds is 13. The van der Waals surface area contributed by atoms with Crippen LogP contribution < -0.4 is 10.9 Å². The summed E-state index contributed by atoms with van der Waals surface area (Å²) in [5.74, 6) is -1.91. The van der Waals surface area contributed by atoms with Gasteiger partial charge in [0.15, 0.2) is 0 Å². The number of fused-ring (bicyclic) bond motifs is 1. The number of carbonyl (C=O) groups excluding carboxylic acids is 1. The van der Waals surface area contributed by atoms with Crippen molar-refractivity contribution in [3.63, 3.8) is 0 Å². The maximum atomic E-state index is 14.4. The fraction of sp³-hybridized carbons (Fsp3) is 0.553. The summed E-state index contributed by atoms with van der Waals surface area (Å²) in [7, 11) is 1.87. The van der Waals surface area contributed by atoms with E-state index >= 15 is 0 Å². The van der Waals surface area contributed by atoms with E-state index in [-0.39, 0.29) is 30.7 Å². The van der Waals surface area contributed by atoms with Crippen LogP contribution in [0.1, 0.15) is 112 Å². The number of benzene rings is 1. The lowest BCUT2D eigenvalue weighted by Crippen LogP contribution is -2.40. The van der Waals surface area contributed by atoms with Crippen molar-refractivity contribution in [2.45, 2.75) is 116 Å². The minimum atomic E-state index is -4.75. The number of pyridine rings is 1. The van der Waals surface area contributed by atoms with Crippen molar-refractivity contribution >= 4 is 17.4 Å². The molecular weight excluding hydrogens is 638 g/mol. The Morgan fingerprint density at radius 3 is 2.45 bits per heavy atom. The molecule has 0 aliphatic heterocycles. The van der Waals surface area contributed by atoms with Gasteiger partial charge in [-0.2, -0.15) is 13.2 Å². The molecule has 1 unspecified atom stereocenters. The van der Waals surface area contributed by atoms with Gasteiger partial charge in [-0.1, -0.05) is 25.5 Å². The maximum absolute atomic E-state index is 14.4.